The molecule has 0 fully saturated rings. The molecule has 0 rings (SSSR count). The summed E-state index contributed by atoms with van der Waals surface area (Å²) in [7, 11) is 0. The van der Waals surface area contributed by atoms with E-state index in [1.165, 1.54) is 0 Å². The number of primary amides is 1. The van der Waals surface area contributed by atoms with Gasteiger partial charge >= 0.3 is 5.97 Å². The van der Waals surface area contributed by atoms with Crippen molar-refractivity contribution >= 4 is 35.5 Å². The van der Waals surface area contributed by atoms with Crippen LogP contribution in [-0.2, 0) is 38.2 Å². The van der Waals surface area contributed by atoms with Gasteiger partial charge in [0.1, 0.15) is 6.54 Å². The number of rotatable bonds is 23. The highest BCUT2D eigenvalue weighted by Gasteiger charge is 2.35. The van der Waals surface area contributed by atoms with E-state index in [1.54, 1.807) is 41.5 Å². The van der Waals surface area contributed by atoms with E-state index in [4.69, 9.17) is 15.2 Å². The first-order valence-electron chi connectivity index (χ1n) is 15.9. The van der Waals surface area contributed by atoms with Crippen molar-refractivity contribution in [2.24, 2.45) is 27.9 Å². The highest BCUT2D eigenvalue weighted by atomic mass is 16.5. The zero-order valence-electron chi connectivity index (χ0n) is 29.4. The van der Waals surface area contributed by atoms with Crippen LogP contribution in [-0.4, -0.2) is 104 Å². The quantitative estimate of drug-likeness (QED) is 0.101. The number of aliphatic carboxylic acids is 1. The second kappa shape index (κ2) is 20.1. The van der Waals surface area contributed by atoms with Crippen molar-refractivity contribution in [1.29, 1.82) is 0 Å². The summed E-state index contributed by atoms with van der Waals surface area (Å²) in [5.74, 6) is -3.45. The lowest BCUT2D eigenvalue weighted by Gasteiger charge is -2.30. The van der Waals surface area contributed by atoms with Crippen LogP contribution in [0.15, 0.2) is 0 Å². The van der Waals surface area contributed by atoms with Crippen molar-refractivity contribution in [2.45, 2.75) is 94.0 Å². The van der Waals surface area contributed by atoms with E-state index in [0.717, 1.165) is 4.90 Å². The summed E-state index contributed by atoms with van der Waals surface area (Å²) < 4.78 is 11.1. The topological polar surface area (TPSA) is 206 Å². The molecule has 0 aromatic heterocycles. The predicted molar refractivity (Wildman–Crippen MR) is 173 cm³/mol. The summed E-state index contributed by atoms with van der Waals surface area (Å²) in [5, 5.41) is 17.8. The number of nitrogens with two attached hydrogens (primary N) is 1. The molecule has 0 aliphatic carbocycles. The highest BCUT2D eigenvalue weighted by molar-refractivity contribution is 5.89. The van der Waals surface area contributed by atoms with E-state index < -0.39 is 52.4 Å². The van der Waals surface area contributed by atoms with Crippen LogP contribution in [0.2, 0.25) is 0 Å². The minimum atomic E-state index is -0.854. The average molecular weight is 658 g/mol. The third-order valence-corrected chi connectivity index (χ3v) is 7.51. The Hall–Kier alpha value is -3.26. The first kappa shape index (κ1) is 42.7. The molecule has 5 amide bonds. The summed E-state index contributed by atoms with van der Waals surface area (Å²) >= 11 is 0. The van der Waals surface area contributed by atoms with Crippen LogP contribution in [0.25, 0.3) is 0 Å². The molecule has 0 saturated heterocycles. The minimum absolute atomic E-state index is 0.0321. The number of carbonyl (C=O) groups excluding carboxylic acids is 5. The number of ether oxygens (including phenoxy) is 2. The van der Waals surface area contributed by atoms with Gasteiger partial charge in [-0.15, -0.1) is 0 Å². The molecule has 0 aliphatic rings. The number of hydrogen-bond donors (Lipinski definition) is 5. The molecule has 46 heavy (non-hydrogen) atoms. The van der Waals surface area contributed by atoms with Crippen molar-refractivity contribution in [3.05, 3.63) is 0 Å². The second-order valence-electron chi connectivity index (χ2n) is 14.2. The third-order valence-electron chi connectivity index (χ3n) is 7.51. The van der Waals surface area contributed by atoms with Crippen molar-refractivity contribution < 1.29 is 43.3 Å². The molecule has 1 atom stereocenters. The Balaban J connectivity index is 4.32. The molecular formula is C32H59N5O9. The van der Waals surface area contributed by atoms with E-state index in [-0.39, 0.29) is 44.0 Å². The number of nitrogens with zero attached hydrogens (tertiary/aromatic N) is 1. The molecule has 0 aromatic carbocycles. The van der Waals surface area contributed by atoms with Crippen LogP contribution >= 0.6 is 0 Å². The van der Waals surface area contributed by atoms with Gasteiger partial charge in [0.15, 0.2) is 0 Å². The standard InChI is InChI=1S/C32H59N5O9/c1-22(2)36-25(39)21-37(20-24(33)38)26(40)11-14-34-29(44)32(8,9)13-16-45-18-19-46-17-15-35-28(43)31(6,7)12-10-23(27(41)42)30(3,4)5/h22-23H,10-21H2,1-9H3,(H2,33,38)(H,34,44)(H,35,43)(H,36,39)(H,41,42). The highest BCUT2D eigenvalue weighted by Crippen LogP contribution is 2.34. The molecule has 14 heteroatoms. The molecular weight excluding hydrogens is 598 g/mol. The third kappa shape index (κ3) is 18.0. The largest absolute Gasteiger partial charge is 0.481 e. The van der Waals surface area contributed by atoms with E-state index >= 15 is 0 Å². The molecule has 266 valence electrons. The fraction of sp³-hybridized carbons (Fsp3) is 0.812. The maximum Gasteiger partial charge on any atom is 0.307 e. The molecule has 0 saturated carbocycles. The fourth-order valence-electron chi connectivity index (χ4n) is 4.43. The minimum Gasteiger partial charge on any atom is -0.481 e. The molecule has 0 bridgehead atoms. The van der Waals surface area contributed by atoms with Crippen LogP contribution < -0.4 is 21.7 Å². The van der Waals surface area contributed by atoms with E-state index in [2.05, 4.69) is 16.0 Å². The summed E-state index contributed by atoms with van der Waals surface area (Å²) in [6.45, 7) is 17.2. The van der Waals surface area contributed by atoms with Gasteiger partial charge in [0.05, 0.1) is 32.3 Å². The lowest BCUT2D eigenvalue weighted by Crippen LogP contribution is -2.47. The van der Waals surface area contributed by atoms with Crippen molar-refractivity contribution in [3.8, 4) is 0 Å². The van der Waals surface area contributed by atoms with Gasteiger partial charge in [0.25, 0.3) is 0 Å². The van der Waals surface area contributed by atoms with Crippen LogP contribution in [0.4, 0.5) is 0 Å². The number of amides is 5. The van der Waals surface area contributed by atoms with Gasteiger partial charge in [0, 0.05) is 43.0 Å². The second-order valence-corrected chi connectivity index (χ2v) is 14.2. The number of carbonyl (C=O) groups is 6. The molecule has 0 aromatic rings. The van der Waals surface area contributed by atoms with Gasteiger partial charge in [0.2, 0.25) is 29.5 Å². The molecule has 14 nitrogen and oxygen atoms in total. The Kier molecular flexibility index (Phi) is 18.7. The lowest BCUT2D eigenvalue weighted by atomic mass is 9.74. The summed E-state index contributed by atoms with van der Waals surface area (Å²) in [4.78, 5) is 74.0. The maximum atomic E-state index is 12.7. The molecule has 0 spiro atoms. The van der Waals surface area contributed by atoms with Gasteiger partial charge in [-0.3, -0.25) is 28.8 Å². The maximum absolute atomic E-state index is 12.7. The zero-order valence-corrected chi connectivity index (χ0v) is 29.4. The first-order chi connectivity index (χ1) is 21.1. The molecule has 0 aliphatic heterocycles. The molecule has 1 unspecified atom stereocenters. The Bertz CT molecular complexity index is 1020. The fourth-order valence-corrected chi connectivity index (χ4v) is 4.43. The number of hydrogen-bond acceptors (Lipinski definition) is 8. The monoisotopic (exact) mass is 657 g/mol. The molecule has 6 N–H and O–H groups in total. The molecule has 0 heterocycles. The van der Waals surface area contributed by atoms with Gasteiger partial charge in [-0.2, -0.15) is 0 Å². The number of nitrogens with one attached hydrogen (secondary N) is 3. The number of carboxylic acids is 1. The van der Waals surface area contributed by atoms with Crippen LogP contribution in [0.5, 0.6) is 0 Å². The summed E-state index contributed by atoms with van der Waals surface area (Å²) in [6, 6.07) is -0.124. The smallest absolute Gasteiger partial charge is 0.307 e. The van der Waals surface area contributed by atoms with Crippen molar-refractivity contribution in [2.75, 3.05) is 52.6 Å². The SMILES string of the molecule is CC(C)NC(=O)CN(CC(N)=O)C(=O)CCNC(=O)C(C)(C)CCOCCOCCNC(=O)C(C)(C)CCC(C(=O)O)C(C)(C)C. The summed E-state index contributed by atoms with van der Waals surface area (Å²) in [6.07, 6.45) is 1.17. The van der Waals surface area contributed by atoms with Crippen LogP contribution in [0.3, 0.4) is 0 Å². The Labute approximate surface area is 274 Å². The number of carboxylic acid groups (broad SMARTS) is 1. The molecule has 0 radical (unpaired) electrons. The van der Waals surface area contributed by atoms with Gasteiger partial charge in [-0.1, -0.05) is 48.5 Å². The summed E-state index contributed by atoms with van der Waals surface area (Å²) in [5.41, 5.74) is 3.33. The van der Waals surface area contributed by atoms with Crippen molar-refractivity contribution in [1.82, 2.24) is 20.9 Å². The van der Waals surface area contributed by atoms with Gasteiger partial charge < -0.3 is 41.2 Å². The van der Waals surface area contributed by atoms with E-state index in [0.29, 0.717) is 45.6 Å². The van der Waals surface area contributed by atoms with Crippen molar-refractivity contribution in [3.63, 3.8) is 0 Å². The van der Waals surface area contributed by atoms with E-state index in [1.807, 2.05) is 20.8 Å². The van der Waals surface area contributed by atoms with Gasteiger partial charge in [-0.05, 0) is 38.5 Å². The van der Waals surface area contributed by atoms with Gasteiger partial charge in [-0.25, -0.2) is 0 Å². The average Bonchev–Trinajstić information content (AvgIpc) is 2.89. The normalized spacial score (nSPS) is 12.7. The Morgan fingerprint density at radius 3 is 1.78 bits per heavy atom. The zero-order chi connectivity index (χ0) is 35.7. The lowest BCUT2D eigenvalue weighted by molar-refractivity contribution is -0.146. The van der Waals surface area contributed by atoms with Crippen LogP contribution in [0.1, 0.15) is 88.0 Å². The van der Waals surface area contributed by atoms with E-state index in [9.17, 15) is 33.9 Å². The van der Waals surface area contributed by atoms with Crippen LogP contribution in [0, 0.1) is 22.2 Å². The Morgan fingerprint density at radius 2 is 1.28 bits per heavy atom. The Morgan fingerprint density at radius 1 is 0.761 bits per heavy atom. The first-order valence-corrected chi connectivity index (χ1v) is 15.9. The predicted octanol–water partition coefficient (Wildman–Crippen LogP) is 1.45.